The zero-order chi connectivity index (χ0) is 16.0. The Hall–Kier alpha value is -1.86. The number of ether oxygens (including phenoxy) is 1. The molecule has 116 valence electrons. The molecule has 22 heavy (non-hydrogen) atoms. The van der Waals surface area contributed by atoms with Gasteiger partial charge in [0.05, 0.1) is 17.8 Å². The summed E-state index contributed by atoms with van der Waals surface area (Å²) >= 11 is 0. The third kappa shape index (κ3) is 2.21. The molecule has 2 aromatic rings. The van der Waals surface area contributed by atoms with E-state index in [2.05, 4.69) is 0 Å². The fraction of sp³-hybridized carbons (Fsp3) is 0.200. The van der Waals surface area contributed by atoms with Crippen molar-refractivity contribution in [3.8, 4) is 5.75 Å². The van der Waals surface area contributed by atoms with Crippen molar-refractivity contribution in [2.24, 2.45) is 0 Å². The van der Waals surface area contributed by atoms with Gasteiger partial charge in [0.15, 0.2) is 19.7 Å². The van der Waals surface area contributed by atoms with Crippen molar-refractivity contribution in [2.45, 2.75) is 15.0 Å². The number of hydrogen-bond acceptors (Lipinski definition) is 5. The summed E-state index contributed by atoms with van der Waals surface area (Å²) in [5.41, 5.74) is 0.281. The van der Waals surface area contributed by atoms with Crippen molar-refractivity contribution < 1.29 is 21.6 Å². The van der Waals surface area contributed by atoms with Gasteiger partial charge >= 0.3 is 0 Å². The van der Waals surface area contributed by atoms with Crippen LogP contribution in [0, 0.1) is 0 Å². The summed E-state index contributed by atoms with van der Waals surface area (Å²) in [4.78, 5) is 0.105. The molecule has 0 aromatic heterocycles. The third-order valence-electron chi connectivity index (χ3n) is 3.70. The lowest BCUT2D eigenvalue weighted by Gasteiger charge is -2.12. The summed E-state index contributed by atoms with van der Waals surface area (Å²) < 4.78 is 55.4. The second-order valence-electron chi connectivity index (χ2n) is 5.01. The minimum atomic E-state index is -3.78. The van der Waals surface area contributed by atoms with Crippen molar-refractivity contribution in [1.29, 1.82) is 0 Å². The van der Waals surface area contributed by atoms with E-state index in [0.29, 0.717) is 0 Å². The molecule has 7 heteroatoms. The standard InChI is InChI=1S/C15H14O5S2/c1-20-13-9-5-8-12-14(10-21(16,17)15(12)13)22(18,19)11-6-3-2-4-7-11/h2-9,14H,10H2,1H3. The van der Waals surface area contributed by atoms with Crippen LogP contribution < -0.4 is 4.74 Å². The minimum Gasteiger partial charge on any atom is -0.495 e. The highest BCUT2D eigenvalue weighted by Crippen LogP contribution is 2.44. The molecule has 1 unspecified atom stereocenters. The lowest BCUT2D eigenvalue weighted by atomic mass is 10.1. The summed E-state index contributed by atoms with van der Waals surface area (Å²) in [6.45, 7) is 0. The van der Waals surface area contributed by atoms with Gasteiger partial charge in [-0.25, -0.2) is 16.8 Å². The smallest absolute Gasteiger partial charge is 0.186 e. The van der Waals surface area contributed by atoms with Crippen LogP contribution in [0.1, 0.15) is 10.8 Å². The fourth-order valence-electron chi connectivity index (χ4n) is 2.68. The summed E-state index contributed by atoms with van der Waals surface area (Å²) in [7, 11) is -6.11. The first kappa shape index (κ1) is 15.1. The Labute approximate surface area is 129 Å². The molecule has 1 atom stereocenters. The molecule has 0 N–H and O–H groups in total. The number of methoxy groups -OCH3 is 1. The van der Waals surface area contributed by atoms with Crippen molar-refractivity contribution in [2.75, 3.05) is 12.9 Å². The average Bonchev–Trinajstić information content (AvgIpc) is 2.81. The largest absolute Gasteiger partial charge is 0.495 e. The summed E-state index contributed by atoms with van der Waals surface area (Å²) in [5.74, 6) is -0.275. The molecular formula is C15H14O5S2. The van der Waals surface area contributed by atoms with Crippen molar-refractivity contribution in [1.82, 2.24) is 0 Å². The van der Waals surface area contributed by atoms with Crippen LogP contribution in [0.4, 0.5) is 0 Å². The zero-order valence-corrected chi connectivity index (χ0v) is 13.4. The molecule has 0 spiro atoms. The summed E-state index contributed by atoms with van der Waals surface area (Å²) in [6.07, 6.45) is 0. The van der Waals surface area contributed by atoms with Crippen LogP contribution in [0.3, 0.4) is 0 Å². The molecule has 2 aromatic carbocycles. The summed E-state index contributed by atoms with van der Waals surface area (Å²) in [6, 6.07) is 12.5. The van der Waals surface area contributed by atoms with Gasteiger partial charge in [0.25, 0.3) is 0 Å². The molecule has 5 nitrogen and oxygen atoms in total. The SMILES string of the molecule is COc1cccc2c1S(=O)(=O)CC2S(=O)(=O)c1ccccc1. The van der Waals surface area contributed by atoms with E-state index >= 15 is 0 Å². The van der Waals surface area contributed by atoms with Gasteiger partial charge in [-0.1, -0.05) is 30.3 Å². The zero-order valence-electron chi connectivity index (χ0n) is 11.8. The number of fused-ring (bicyclic) bond motifs is 1. The normalized spacial score (nSPS) is 19.6. The predicted octanol–water partition coefficient (Wildman–Crippen LogP) is 2.00. The maximum absolute atomic E-state index is 12.8. The molecule has 0 bridgehead atoms. The van der Waals surface area contributed by atoms with Gasteiger partial charge < -0.3 is 4.74 Å². The van der Waals surface area contributed by atoms with Gasteiger partial charge in [0.1, 0.15) is 15.9 Å². The Kier molecular flexibility index (Phi) is 3.49. The van der Waals surface area contributed by atoms with Gasteiger partial charge in [-0.2, -0.15) is 0 Å². The first-order chi connectivity index (χ1) is 10.4. The molecule has 0 amide bonds. The first-order valence-corrected chi connectivity index (χ1v) is 9.76. The fourth-order valence-corrected chi connectivity index (χ4v) is 7.18. The number of benzene rings is 2. The van der Waals surface area contributed by atoms with E-state index < -0.39 is 30.7 Å². The Morgan fingerprint density at radius 2 is 1.73 bits per heavy atom. The minimum absolute atomic E-state index is 0.0120. The van der Waals surface area contributed by atoms with Gasteiger partial charge in [-0.3, -0.25) is 0 Å². The topological polar surface area (TPSA) is 77.5 Å². The van der Waals surface area contributed by atoms with E-state index in [1.54, 1.807) is 24.3 Å². The molecule has 1 aliphatic rings. The quantitative estimate of drug-likeness (QED) is 0.855. The Bertz CT molecular complexity index is 916. The number of rotatable bonds is 3. The highest BCUT2D eigenvalue weighted by atomic mass is 32.2. The van der Waals surface area contributed by atoms with Gasteiger partial charge in [-0.15, -0.1) is 0 Å². The van der Waals surface area contributed by atoms with E-state index in [-0.39, 0.29) is 21.1 Å². The average molecular weight is 338 g/mol. The van der Waals surface area contributed by atoms with Gasteiger partial charge in [-0.05, 0) is 23.8 Å². The van der Waals surface area contributed by atoms with Crippen LogP contribution in [-0.4, -0.2) is 29.7 Å². The molecule has 0 radical (unpaired) electrons. The van der Waals surface area contributed by atoms with Crippen molar-refractivity contribution in [3.05, 3.63) is 54.1 Å². The monoisotopic (exact) mass is 338 g/mol. The molecule has 0 saturated carbocycles. The Morgan fingerprint density at radius 3 is 2.36 bits per heavy atom. The molecular weight excluding hydrogens is 324 g/mol. The van der Waals surface area contributed by atoms with Gasteiger partial charge in [0.2, 0.25) is 0 Å². The van der Waals surface area contributed by atoms with E-state index in [4.69, 9.17) is 4.74 Å². The van der Waals surface area contributed by atoms with E-state index in [1.165, 1.54) is 31.4 Å². The molecule has 0 saturated heterocycles. The Balaban J connectivity index is 2.22. The highest BCUT2D eigenvalue weighted by Gasteiger charge is 2.44. The van der Waals surface area contributed by atoms with Gasteiger partial charge in [0, 0.05) is 0 Å². The molecule has 1 heterocycles. The van der Waals surface area contributed by atoms with E-state index in [1.807, 2.05) is 0 Å². The first-order valence-electron chi connectivity index (χ1n) is 6.56. The summed E-state index contributed by atoms with van der Waals surface area (Å²) in [5, 5.41) is -1.11. The second kappa shape index (κ2) is 5.10. The lowest BCUT2D eigenvalue weighted by Crippen LogP contribution is -2.15. The van der Waals surface area contributed by atoms with E-state index in [0.717, 1.165) is 0 Å². The molecule has 0 aliphatic carbocycles. The van der Waals surface area contributed by atoms with Crippen LogP contribution in [0.15, 0.2) is 58.3 Å². The van der Waals surface area contributed by atoms with E-state index in [9.17, 15) is 16.8 Å². The number of sulfone groups is 2. The van der Waals surface area contributed by atoms with Crippen molar-refractivity contribution >= 4 is 19.7 Å². The van der Waals surface area contributed by atoms with Crippen LogP contribution in [0.5, 0.6) is 5.75 Å². The number of hydrogen-bond donors (Lipinski definition) is 0. The maximum Gasteiger partial charge on any atom is 0.186 e. The lowest BCUT2D eigenvalue weighted by molar-refractivity contribution is 0.402. The van der Waals surface area contributed by atoms with Crippen LogP contribution in [0.2, 0.25) is 0 Å². The predicted molar refractivity (Wildman–Crippen MR) is 81.4 cm³/mol. The maximum atomic E-state index is 12.8. The van der Waals surface area contributed by atoms with Crippen LogP contribution in [0.25, 0.3) is 0 Å². The molecule has 1 aliphatic heterocycles. The van der Waals surface area contributed by atoms with Crippen molar-refractivity contribution in [3.63, 3.8) is 0 Å². The second-order valence-corrected chi connectivity index (χ2v) is 9.11. The van der Waals surface area contributed by atoms with Crippen LogP contribution >= 0.6 is 0 Å². The third-order valence-corrected chi connectivity index (χ3v) is 7.85. The Morgan fingerprint density at radius 1 is 1.05 bits per heavy atom. The molecule has 0 fully saturated rings. The van der Waals surface area contributed by atoms with Crippen LogP contribution in [-0.2, 0) is 19.7 Å². The highest BCUT2D eigenvalue weighted by molar-refractivity contribution is 7.96. The molecule has 3 rings (SSSR count).